The van der Waals surface area contributed by atoms with Gasteiger partial charge >= 0.3 is 6.03 Å². The second kappa shape index (κ2) is 4.67. The lowest BCUT2D eigenvalue weighted by atomic mass is 10.1. The SMILES string of the molecule is CC(C)C(C)N(C)C(=O)N1CCCC1. The fourth-order valence-electron chi connectivity index (χ4n) is 1.75. The Hall–Kier alpha value is -0.730. The summed E-state index contributed by atoms with van der Waals surface area (Å²) in [6, 6.07) is 0.520. The first-order valence-electron chi connectivity index (χ1n) is 5.55. The number of amides is 2. The summed E-state index contributed by atoms with van der Waals surface area (Å²) in [5.41, 5.74) is 0. The molecule has 0 saturated carbocycles. The van der Waals surface area contributed by atoms with Crippen LogP contribution in [0.5, 0.6) is 0 Å². The van der Waals surface area contributed by atoms with E-state index in [1.807, 2.05) is 16.8 Å². The van der Waals surface area contributed by atoms with E-state index in [4.69, 9.17) is 0 Å². The molecule has 1 fully saturated rings. The summed E-state index contributed by atoms with van der Waals surface area (Å²) >= 11 is 0. The number of urea groups is 1. The molecule has 1 aliphatic rings. The molecule has 0 aromatic carbocycles. The third-order valence-corrected chi connectivity index (χ3v) is 3.25. The third-order valence-electron chi connectivity index (χ3n) is 3.25. The monoisotopic (exact) mass is 198 g/mol. The van der Waals surface area contributed by atoms with Crippen molar-refractivity contribution in [2.75, 3.05) is 20.1 Å². The molecule has 0 radical (unpaired) electrons. The van der Waals surface area contributed by atoms with Gasteiger partial charge in [0.2, 0.25) is 0 Å². The molecule has 1 rings (SSSR count). The summed E-state index contributed by atoms with van der Waals surface area (Å²) in [7, 11) is 1.91. The van der Waals surface area contributed by atoms with Gasteiger partial charge in [0, 0.05) is 26.2 Å². The predicted molar refractivity (Wildman–Crippen MR) is 58.3 cm³/mol. The van der Waals surface area contributed by atoms with Gasteiger partial charge in [-0.1, -0.05) is 13.8 Å². The van der Waals surface area contributed by atoms with Gasteiger partial charge in [-0.3, -0.25) is 0 Å². The smallest absolute Gasteiger partial charge is 0.319 e. The molecule has 14 heavy (non-hydrogen) atoms. The van der Waals surface area contributed by atoms with Crippen molar-refractivity contribution in [1.29, 1.82) is 0 Å². The first-order valence-corrected chi connectivity index (χ1v) is 5.55. The molecule has 3 heteroatoms. The first kappa shape index (κ1) is 11.3. The number of hydrogen-bond donors (Lipinski definition) is 0. The second-order valence-electron chi connectivity index (χ2n) is 4.57. The van der Waals surface area contributed by atoms with Gasteiger partial charge in [0.25, 0.3) is 0 Å². The molecule has 2 amide bonds. The van der Waals surface area contributed by atoms with Crippen LogP contribution in [0.1, 0.15) is 33.6 Å². The van der Waals surface area contributed by atoms with E-state index in [9.17, 15) is 4.79 Å². The van der Waals surface area contributed by atoms with Crippen molar-refractivity contribution >= 4 is 6.03 Å². The van der Waals surface area contributed by atoms with Crippen LogP contribution in [0.25, 0.3) is 0 Å². The zero-order chi connectivity index (χ0) is 10.7. The molecular formula is C11H22N2O. The fourth-order valence-corrected chi connectivity index (χ4v) is 1.75. The molecule has 1 atom stereocenters. The molecule has 1 aliphatic heterocycles. The van der Waals surface area contributed by atoms with Gasteiger partial charge in [-0.15, -0.1) is 0 Å². The molecule has 1 heterocycles. The topological polar surface area (TPSA) is 23.6 Å². The Morgan fingerprint density at radius 1 is 1.21 bits per heavy atom. The minimum Gasteiger partial charge on any atom is -0.325 e. The predicted octanol–water partition coefficient (Wildman–Crippen LogP) is 2.18. The Bertz CT molecular complexity index is 197. The number of nitrogens with zero attached hydrogens (tertiary/aromatic N) is 2. The van der Waals surface area contributed by atoms with E-state index in [0.29, 0.717) is 12.0 Å². The summed E-state index contributed by atoms with van der Waals surface area (Å²) in [6.45, 7) is 8.29. The van der Waals surface area contributed by atoms with Crippen molar-refractivity contribution < 1.29 is 4.79 Å². The highest BCUT2D eigenvalue weighted by atomic mass is 16.2. The maximum Gasteiger partial charge on any atom is 0.319 e. The number of carbonyl (C=O) groups excluding carboxylic acids is 1. The average molecular weight is 198 g/mol. The molecule has 82 valence electrons. The summed E-state index contributed by atoms with van der Waals surface area (Å²) < 4.78 is 0. The third kappa shape index (κ3) is 2.40. The van der Waals surface area contributed by atoms with Gasteiger partial charge in [0.15, 0.2) is 0 Å². The molecule has 0 N–H and O–H groups in total. The van der Waals surface area contributed by atoms with Gasteiger partial charge in [-0.25, -0.2) is 4.79 Å². The van der Waals surface area contributed by atoms with Crippen molar-refractivity contribution in [3.8, 4) is 0 Å². The van der Waals surface area contributed by atoms with Gasteiger partial charge in [0.1, 0.15) is 0 Å². The number of likely N-dealkylation sites (tertiary alicyclic amines) is 1. The largest absolute Gasteiger partial charge is 0.325 e. The van der Waals surface area contributed by atoms with Crippen molar-refractivity contribution in [1.82, 2.24) is 9.80 Å². The van der Waals surface area contributed by atoms with Crippen LogP contribution in [0.3, 0.4) is 0 Å². The average Bonchev–Trinajstić information content (AvgIpc) is 2.67. The first-order chi connectivity index (χ1) is 6.54. The summed E-state index contributed by atoms with van der Waals surface area (Å²) in [4.78, 5) is 15.8. The molecule has 1 saturated heterocycles. The lowest BCUT2D eigenvalue weighted by Crippen LogP contribution is -2.45. The van der Waals surface area contributed by atoms with Gasteiger partial charge < -0.3 is 9.80 Å². The van der Waals surface area contributed by atoms with Crippen LogP contribution in [0.15, 0.2) is 0 Å². The maximum atomic E-state index is 11.9. The Labute approximate surface area is 87.1 Å². The Morgan fingerprint density at radius 3 is 2.14 bits per heavy atom. The minimum atomic E-state index is 0.198. The molecule has 0 aromatic heterocycles. The fraction of sp³-hybridized carbons (Fsp3) is 0.909. The molecule has 0 aliphatic carbocycles. The number of hydrogen-bond acceptors (Lipinski definition) is 1. The van der Waals surface area contributed by atoms with E-state index in [1.165, 1.54) is 0 Å². The molecule has 0 aromatic rings. The molecule has 1 unspecified atom stereocenters. The molecule has 0 spiro atoms. The van der Waals surface area contributed by atoms with E-state index >= 15 is 0 Å². The standard InChI is InChI=1S/C11H22N2O/c1-9(2)10(3)12(4)11(14)13-7-5-6-8-13/h9-10H,5-8H2,1-4H3. The summed E-state index contributed by atoms with van der Waals surface area (Å²) in [5.74, 6) is 0.520. The highest BCUT2D eigenvalue weighted by molar-refractivity contribution is 5.74. The van der Waals surface area contributed by atoms with Crippen LogP contribution in [0.4, 0.5) is 4.79 Å². The van der Waals surface area contributed by atoms with Gasteiger partial charge in [-0.05, 0) is 25.7 Å². The van der Waals surface area contributed by atoms with E-state index in [1.54, 1.807) is 0 Å². The second-order valence-corrected chi connectivity index (χ2v) is 4.57. The van der Waals surface area contributed by atoms with Crippen LogP contribution in [0.2, 0.25) is 0 Å². The summed E-state index contributed by atoms with van der Waals surface area (Å²) in [5, 5.41) is 0. The molecule has 0 bridgehead atoms. The zero-order valence-electron chi connectivity index (χ0n) is 9.79. The Balaban J connectivity index is 2.50. The van der Waals surface area contributed by atoms with Crippen molar-refractivity contribution in [2.45, 2.75) is 39.7 Å². The van der Waals surface area contributed by atoms with E-state index < -0.39 is 0 Å². The highest BCUT2D eigenvalue weighted by Gasteiger charge is 2.25. The minimum absolute atomic E-state index is 0.198. The molecular weight excluding hydrogens is 176 g/mol. The van der Waals surface area contributed by atoms with Crippen molar-refractivity contribution in [2.24, 2.45) is 5.92 Å². The quantitative estimate of drug-likeness (QED) is 0.667. The van der Waals surface area contributed by atoms with E-state index in [0.717, 1.165) is 25.9 Å². The maximum absolute atomic E-state index is 11.9. The Morgan fingerprint density at radius 2 is 1.71 bits per heavy atom. The van der Waals surface area contributed by atoms with E-state index in [2.05, 4.69) is 20.8 Å². The van der Waals surface area contributed by atoms with Crippen molar-refractivity contribution in [3.05, 3.63) is 0 Å². The highest BCUT2D eigenvalue weighted by Crippen LogP contribution is 2.14. The van der Waals surface area contributed by atoms with Crippen LogP contribution >= 0.6 is 0 Å². The van der Waals surface area contributed by atoms with Gasteiger partial charge in [0.05, 0.1) is 0 Å². The Kier molecular flexibility index (Phi) is 3.78. The van der Waals surface area contributed by atoms with Crippen molar-refractivity contribution in [3.63, 3.8) is 0 Å². The van der Waals surface area contributed by atoms with Crippen LogP contribution < -0.4 is 0 Å². The van der Waals surface area contributed by atoms with Crippen LogP contribution in [-0.2, 0) is 0 Å². The lowest BCUT2D eigenvalue weighted by Gasteiger charge is -2.31. The lowest BCUT2D eigenvalue weighted by molar-refractivity contribution is 0.147. The normalized spacial score (nSPS) is 18.8. The van der Waals surface area contributed by atoms with E-state index in [-0.39, 0.29) is 6.03 Å². The number of rotatable bonds is 2. The van der Waals surface area contributed by atoms with Crippen LogP contribution in [-0.4, -0.2) is 42.0 Å². The molecule has 3 nitrogen and oxygen atoms in total. The summed E-state index contributed by atoms with van der Waals surface area (Å²) in [6.07, 6.45) is 2.32. The van der Waals surface area contributed by atoms with Gasteiger partial charge in [-0.2, -0.15) is 0 Å². The number of carbonyl (C=O) groups is 1. The zero-order valence-corrected chi connectivity index (χ0v) is 9.79. The van der Waals surface area contributed by atoms with Crippen LogP contribution in [0, 0.1) is 5.92 Å².